The van der Waals surface area contributed by atoms with E-state index in [1.807, 2.05) is 24.3 Å². The lowest BCUT2D eigenvalue weighted by Gasteiger charge is -2.33. The van der Waals surface area contributed by atoms with E-state index >= 15 is 0 Å². The Kier molecular flexibility index (Phi) is 4.33. The van der Waals surface area contributed by atoms with Crippen LogP contribution < -0.4 is 0 Å². The molecule has 0 N–H and O–H groups in total. The van der Waals surface area contributed by atoms with Gasteiger partial charge in [0.25, 0.3) is 5.91 Å². The number of morpholine rings is 1. The van der Waals surface area contributed by atoms with E-state index in [2.05, 4.69) is 15.9 Å². The number of rotatable bonds is 2. The molecule has 110 valence electrons. The zero-order valence-electron chi connectivity index (χ0n) is 11.1. The first kappa shape index (κ1) is 14.6. The molecule has 1 aromatic carbocycles. The number of nitrogens with zero attached hydrogens (tertiary/aromatic N) is 1. The molecule has 2 aromatic rings. The summed E-state index contributed by atoms with van der Waals surface area (Å²) in [6, 6.07) is 9.17. The first-order valence-corrected chi connectivity index (χ1v) is 7.71. The molecule has 0 spiro atoms. The zero-order valence-corrected chi connectivity index (χ0v) is 13.4. The van der Waals surface area contributed by atoms with Crippen LogP contribution in [0.25, 0.3) is 0 Å². The lowest BCUT2D eigenvalue weighted by Crippen LogP contribution is -2.42. The fraction of sp³-hybridized carbons (Fsp3) is 0.267. The van der Waals surface area contributed by atoms with Gasteiger partial charge in [0.1, 0.15) is 6.10 Å². The SMILES string of the molecule is O=C(c1ccoc1Br)N1CCOC(c2ccc(Cl)cc2)C1. The van der Waals surface area contributed by atoms with Crippen molar-refractivity contribution < 1.29 is 13.9 Å². The summed E-state index contributed by atoms with van der Waals surface area (Å²) < 4.78 is 11.3. The van der Waals surface area contributed by atoms with Gasteiger partial charge in [-0.1, -0.05) is 23.7 Å². The van der Waals surface area contributed by atoms with E-state index in [9.17, 15) is 4.79 Å². The van der Waals surface area contributed by atoms with E-state index in [1.54, 1.807) is 11.0 Å². The highest BCUT2D eigenvalue weighted by Gasteiger charge is 2.27. The van der Waals surface area contributed by atoms with Crippen molar-refractivity contribution in [3.63, 3.8) is 0 Å². The van der Waals surface area contributed by atoms with Crippen molar-refractivity contribution in [1.29, 1.82) is 0 Å². The molecule has 21 heavy (non-hydrogen) atoms. The number of halogens is 2. The maximum Gasteiger partial charge on any atom is 0.258 e. The number of hydrogen-bond acceptors (Lipinski definition) is 3. The van der Waals surface area contributed by atoms with Crippen LogP contribution in [-0.4, -0.2) is 30.5 Å². The normalized spacial score (nSPS) is 18.8. The molecule has 0 aliphatic carbocycles. The first-order chi connectivity index (χ1) is 10.1. The minimum absolute atomic E-state index is 0.0575. The van der Waals surface area contributed by atoms with Gasteiger partial charge in [-0.2, -0.15) is 0 Å². The monoisotopic (exact) mass is 369 g/mol. The van der Waals surface area contributed by atoms with Crippen LogP contribution in [0.2, 0.25) is 5.02 Å². The van der Waals surface area contributed by atoms with Crippen LogP contribution in [0.4, 0.5) is 0 Å². The minimum atomic E-state index is -0.134. The number of ether oxygens (including phenoxy) is 1. The maximum atomic E-state index is 12.5. The standard InChI is InChI=1S/C15H13BrClNO3/c16-14-12(5-7-21-14)15(19)18-6-8-20-13(9-18)10-1-3-11(17)4-2-10/h1-5,7,13H,6,8-9H2. The summed E-state index contributed by atoms with van der Waals surface area (Å²) in [5, 5.41) is 0.685. The average molecular weight is 371 g/mol. The second-order valence-corrected chi connectivity index (χ2v) is 5.93. The molecule has 6 heteroatoms. The summed E-state index contributed by atoms with van der Waals surface area (Å²) in [6.45, 7) is 1.59. The Morgan fingerprint density at radius 3 is 2.71 bits per heavy atom. The second-order valence-electron chi connectivity index (χ2n) is 4.77. The van der Waals surface area contributed by atoms with Crippen LogP contribution in [0.1, 0.15) is 22.0 Å². The van der Waals surface area contributed by atoms with E-state index in [1.165, 1.54) is 6.26 Å². The Labute approximate surface area is 135 Å². The summed E-state index contributed by atoms with van der Waals surface area (Å²) >= 11 is 9.14. The van der Waals surface area contributed by atoms with E-state index in [0.717, 1.165) is 5.56 Å². The van der Waals surface area contributed by atoms with Gasteiger partial charge >= 0.3 is 0 Å². The summed E-state index contributed by atoms with van der Waals surface area (Å²) in [7, 11) is 0. The van der Waals surface area contributed by atoms with Crippen LogP contribution in [0.15, 0.2) is 45.7 Å². The predicted octanol–water partition coefficient (Wildman–Crippen LogP) is 3.91. The number of furan rings is 1. The number of benzene rings is 1. The highest BCUT2D eigenvalue weighted by atomic mass is 79.9. The topological polar surface area (TPSA) is 42.7 Å². The van der Waals surface area contributed by atoms with Gasteiger partial charge < -0.3 is 14.1 Å². The molecule has 3 rings (SSSR count). The van der Waals surface area contributed by atoms with Gasteiger partial charge in [-0.05, 0) is 39.7 Å². The Hall–Kier alpha value is -1.30. The molecule has 1 aromatic heterocycles. The van der Waals surface area contributed by atoms with Gasteiger partial charge in [0, 0.05) is 11.6 Å². The Bertz CT molecular complexity index is 641. The van der Waals surface area contributed by atoms with Crippen LogP contribution in [-0.2, 0) is 4.74 Å². The minimum Gasteiger partial charge on any atom is -0.457 e. The molecule has 0 saturated carbocycles. The molecule has 4 nitrogen and oxygen atoms in total. The molecule has 1 aliphatic rings. The molecule has 1 aliphatic heterocycles. The van der Waals surface area contributed by atoms with Crippen molar-refractivity contribution in [1.82, 2.24) is 4.90 Å². The van der Waals surface area contributed by atoms with Crippen molar-refractivity contribution >= 4 is 33.4 Å². The smallest absolute Gasteiger partial charge is 0.258 e. The van der Waals surface area contributed by atoms with Gasteiger partial charge in [0.05, 0.1) is 25.0 Å². The van der Waals surface area contributed by atoms with E-state index < -0.39 is 0 Å². The van der Waals surface area contributed by atoms with Gasteiger partial charge in [0.15, 0.2) is 4.67 Å². The van der Waals surface area contributed by atoms with E-state index in [-0.39, 0.29) is 12.0 Å². The maximum absolute atomic E-state index is 12.5. The fourth-order valence-corrected chi connectivity index (χ4v) is 2.87. The largest absolute Gasteiger partial charge is 0.457 e. The van der Waals surface area contributed by atoms with Crippen molar-refractivity contribution in [3.05, 3.63) is 57.4 Å². The second kappa shape index (κ2) is 6.22. The lowest BCUT2D eigenvalue weighted by atomic mass is 10.1. The van der Waals surface area contributed by atoms with Crippen molar-refractivity contribution in [3.8, 4) is 0 Å². The average Bonchev–Trinajstić information content (AvgIpc) is 2.93. The zero-order chi connectivity index (χ0) is 14.8. The Morgan fingerprint density at radius 1 is 1.29 bits per heavy atom. The van der Waals surface area contributed by atoms with Crippen LogP contribution in [0.3, 0.4) is 0 Å². The van der Waals surface area contributed by atoms with Gasteiger partial charge in [-0.3, -0.25) is 4.79 Å². The van der Waals surface area contributed by atoms with Crippen molar-refractivity contribution in [2.75, 3.05) is 19.7 Å². The molecule has 1 amide bonds. The molecule has 1 atom stereocenters. The number of carbonyl (C=O) groups is 1. The van der Waals surface area contributed by atoms with Crippen LogP contribution in [0.5, 0.6) is 0 Å². The summed E-state index contributed by atoms with van der Waals surface area (Å²) in [4.78, 5) is 14.2. The number of hydrogen-bond donors (Lipinski definition) is 0. The third kappa shape index (κ3) is 3.15. The first-order valence-electron chi connectivity index (χ1n) is 6.54. The van der Waals surface area contributed by atoms with Gasteiger partial charge in [-0.25, -0.2) is 0 Å². The van der Waals surface area contributed by atoms with Gasteiger partial charge in [-0.15, -0.1) is 0 Å². The summed E-state index contributed by atoms with van der Waals surface area (Å²) in [6.07, 6.45) is 1.36. The van der Waals surface area contributed by atoms with E-state index in [4.69, 9.17) is 20.8 Å². The molecule has 1 unspecified atom stereocenters. The number of amides is 1. The third-order valence-electron chi connectivity index (χ3n) is 3.44. The third-order valence-corrected chi connectivity index (χ3v) is 4.31. The molecule has 0 bridgehead atoms. The van der Waals surface area contributed by atoms with Crippen LogP contribution in [0, 0.1) is 0 Å². The molecular formula is C15H13BrClNO3. The van der Waals surface area contributed by atoms with Crippen molar-refractivity contribution in [2.24, 2.45) is 0 Å². The molecule has 1 saturated heterocycles. The summed E-state index contributed by atoms with van der Waals surface area (Å²) in [5.41, 5.74) is 1.55. The van der Waals surface area contributed by atoms with Crippen LogP contribution >= 0.6 is 27.5 Å². The molecule has 2 heterocycles. The fourth-order valence-electron chi connectivity index (χ4n) is 2.33. The quantitative estimate of drug-likeness (QED) is 0.805. The molecule has 0 radical (unpaired) electrons. The van der Waals surface area contributed by atoms with E-state index in [0.29, 0.717) is 35.0 Å². The number of carbonyl (C=O) groups excluding carboxylic acids is 1. The Balaban J connectivity index is 1.75. The lowest BCUT2D eigenvalue weighted by molar-refractivity contribution is -0.0228. The molecule has 1 fully saturated rings. The predicted molar refractivity (Wildman–Crippen MR) is 82.5 cm³/mol. The highest BCUT2D eigenvalue weighted by Crippen LogP contribution is 2.26. The molecular weight excluding hydrogens is 358 g/mol. The van der Waals surface area contributed by atoms with Gasteiger partial charge in [0.2, 0.25) is 0 Å². The Morgan fingerprint density at radius 2 is 2.05 bits per heavy atom. The van der Waals surface area contributed by atoms with Crippen molar-refractivity contribution in [2.45, 2.75) is 6.10 Å². The highest BCUT2D eigenvalue weighted by molar-refractivity contribution is 9.10. The summed E-state index contributed by atoms with van der Waals surface area (Å²) in [5.74, 6) is -0.0575.